The van der Waals surface area contributed by atoms with Crippen molar-refractivity contribution in [3.63, 3.8) is 0 Å². The molecule has 5 nitrogen and oxygen atoms in total. The first kappa shape index (κ1) is 16.8. The summed E-state index contributed by atoms with van der Waals surface area (Å²) in [6.45, 7) is 2.54. The average molecular weight is 412 g/mol. The monoisotopic (exact) mass is 411 g/mol. The Morgan fingerprint density at radius 3 is 2.88 bits per heavy atom. The summed E-state index contributed by atoms with van der Waals surface area (Å²) in [5.74, 6) is -1.06. The lowest BCUT2D eigenvalue weighted by Crippen LogP contribution is -2.33. The first-order chi connectivity index (χ1) is 12.5. The van der Waals surface area contributed by atoms with Gasteiger partial charge < -0.3 is 15.2 Å². The highest BCUT2D eigenvalue weighted by molar-refractivity contribution is 9.10. The van der Waals surface area contributed by atoms with Crippen molar-refractivity contribution in [2.45, 2.75) is 13.3 Å². The molecule has 1 fully saturated rings. The Balaban J connectivity index is 1.50. The van der Waals surface area contributed by atoms with Crippen LogP contribution >= 0.6 is 15.9 Å². The van der Waals surface area contributed by atoms with E-state index in [-0.39, 0.29) is 11.8 Å². The third kappa shape index (κ3) is 3.12. The Labute approximate surface area is 159 Å². The number of benzene rings is 2. The number of H-pyrrole nitrogens is 1. The summed E-state index contributed by atoms with van der Waals surface area (Å²) in [5, 5.41) is 3.93. The average Bonchev–Trinajstić information content (AvgIpc) is 3.16. The number of carbonyl (C=O) groups is 2. The summed E-state index contributed by atoms with van der Waals surface area (Å²) >= 11 is 3.42. The number of aromatic nitrogens is 1. The SMILES string of the molecule is Cc1cc2cc(NC(=O)[C@H]3CCN(c4cccc(Br)c4)C3=O)ccc2[nH]1. The largest absolute Gasteiger partial charge is 0.359 e. The lowest BCUT2D eigenvalue weighted by Gasteiger charge is -2.17. The van der Waals surface area contributed by atoms with Gasteiger partial charge in [-0.2, -0.15) is 0 Å². The predicted molar refractivity (Wildman–Crippen MR) is 106 cm³/mol. The molecule has 6 heteroatoms. The van der Waals surface area contributed by atoms with Crippen molar-refractivity contribution >= 4 is 50.0 Å². The Bertz CT molecular complexity index is 1010. The number of amides is 2. The highest BCUT2D eigenvalue weighted by atomic mass is 79.9. The van der Waals surface area contributed by atoms with Gasteiger partial charge in [0.2, 0.25) is 11.8 Å². The number of carbonyl (C=O) groups excluding carboxylic acids is 2. The minimum Gasteiger partial charge on any atom is -0.359 e. The Morgan fingerprint density at radius 1 is 1.23 bits per heavy atom. The molecule has 0 bridgehead atoms. The predicted octanol–water partition coefficient (Wildman–Crippen LogP) is 4.23. The maximum Gasteiger partial charge on any atom is 0.239 e. The number of hydrogen-bond acceptors (Lipinski definition) is 2. The molecule has 2 heterocycles. The van der Waals surface area contributed by atoms with Crippen LogP contribution in [0.25, 0.3) is 10.9 Å². The van der Waals surface area contributed by atoms with Crippen molar-refractivity contribution < 1.29 is 9.59 Å². The molecule has 0 saturated carbocycles. The molecule has 1 aromatic heterocycles. The van der Waals surface area contributed by atoms with E-state index in [4.69, 9.17) is 0 Å². The van der Waals surface area contributed by atoms with E-state index >= 15 is 0 Å². The normalized spacial score (nSPS) is 17.1. The van der Waals surface area contributed by atoms with Gasteiger partial charge in [0.15, 0.2) is 0 Å². The molecule has 0 unspecified atom stereocenters. The first-order valence-electron chi connectivity index (χ1n) is 8.48. The van der Waals surface area contributed by atoms with Gasteiger partial charge in [-0.05, 0) is 55.8 Å². The van der Waals surface area contributed by atoms with Crippen molar-refractivity contribution in [3.05, 3.63) is 58.7 Å². The van der Waals surface area contributed by atoms with Crippen LogP contribution in [0.3, 0.4) is 0 Å². The summed E-state index contributed by atoms with van der Waals surface area (Å²) in [6.07, 6.45) is 0.517. The number of nitrogens with one attached hydrogen (secondary N) is 2. The Hall–Kier alpha value is -2.60. The van der Waals surface area contributed by atoms with E-state index in [1.165, 1.54) is 0 Å². The molecule has 1 saturated heterocycles. The molecule has 3 aromatic rings. The van der Waals surface area contributed by atoms with Gasteiger partial charge in [-0.15, -0.1) is 0 Å². The van der Waals surface area contributed by atoms with Crippen molar-refractivity contribution in [1.82, 2.24) is 4.98 Å². The van der Waals surface area contributed by atoms with Crippen molar-refractivity contribution in [2.24, 2.45) is 5.92 Å². The van der Waals surface area contributed by atoms with Crippen molar-refractivity contribution in [2.75, 3.05) is 16.8 Å². The first-order valence-corrected chi connectivity index (χ1v) is 9.28. The highest BCUT2D eigenvalue weighted by Gasteiger charge is 2.37. The van der Waals surface area contributed by atoms with Crippen LogP contribution < -0.4 is 10.2 Å². The summed E-state index contributed by atoms with van der Waals surface area (Å²) in [5.41, 5.74) is 3.61. The zero-order valence-corrected chi connectivity index (χ0v) is 15.8. The van der Waals surface area contributed by atoms with Crippen LogP contribution in [0.15, 0.2) is 53.0 Å². The van der Waals surface area contributed by atoms with Crippen molar-refractivity contribution in [1.29, 1.82) is 0 Å². The summed E-state index contributed by atoms with van der Waals surface area (Å²) < 4.78 is 0.908. The van der Waals surface area contributed by atoms with Gasteiger partial charge in [0.25, 0.3) is 0 Å². The minimum atomic E-state index is -0.655. The molecule has 2 N–H and O–H groups in total. The van der Waals surface area contributed by atoms with Gasteiger partial charge in [0.1, 0.15) is 5.92 Å². The van der Waals surface area contributed by atoms with Gasteiger partial charge in [0, 0.05) is 39.0 Å². The van der Waals surface area contributed by atoms with Crippen LogP contribution in [0, 0.1) is 12.8 Å². The number of nitrogens with zero attached hydrogens (tertiary/aromatic N) is 1. The number of rotatable bonds is 3. The molecule has 2 amide bonds. The number of halogens is 1. The molecule has 132 valence electrons. The van der Waals surface area contributed by atoms with E-state index in [1.807, 2.05) is 55.5 Å². The van der Waals surface area contributed by atoms with Gasteiger partial charge in [-0.25, -0.2) is 0 Å². The number of fused-ring (bicyclic) bond motifs is 1. The van der Waals surface area contributed by atoms with Gasteiger partial charge in [-0.1, -0.05) is 22.0 Å². The quantitative estimate of drug-likeness (QED) is 0.633. The second kappa shape index (κ2) is 6.61. The molecule has 0 spiro atoms. The molecule has 26 heavy (non-hydrogen) atoms. The number of aromatic amines is 1. The molecular weight excluding hydrogens is 394 g/mol. The van der Waals surface area contributed by atoms with E-state index in [9.17, 15) is 9.59 Å². The molecule has 2 aromatic carbocycles. The fourth-order valence-corrected chi connectivity index (χ4v) is 3.80. The highest BCUT2D eigenvalue weighted by Crippen LogP contribution is 2.28. The second-order valence-corrected chi connectivity index (χ2v) is 7.47. The molecule has 0 radical (unpaired) electrons. The molecule has 1 atom stereocenters. The fraction of sp³-hybridized carbons (Fsp3) is 0.200. The summed E-state index contributed by atoms with van der Waals surface area (Å²) in [4.78, 5) is 30.3. The van der Waals surface area contributed by atoms with Crippen LogP contribution in [0.4, 0.5) is 11.4 Å². The number of aryl methyl sites for hydroxylation is 1. The van der Waals surface area contributed by atoms with Gasteiger partial charge >= 0.3 is 0 Å². The summed E-state index contributed by atoms with van der Waals surface area (Å²) in [7, 11) is 0. The van der Waals surface area contributed by atoms with E-state index in [0.717, 1.165) is 26.8 Å². The number of anilines is 2. The zero-order valence-electron chi connectivity index (χ0n) is 14.3. The second-order valence-electron chi connectivity index (χ2n) is 6.55. The third-order valence-corrected chi connectivity index (χ3v) is 5.16. The Kier molecular flexibility index (Phi) is 4.28. The van der Waals surface area contributed by atoms with E-state index in [0.29, 0.717) is 18.7 Å². The lowest BCUT2D eigenvalue weighted by atomic mass is 10.1. The van der Waals surface area contributed by atoms with Crippen LogP contribution in [0.1, 0.15) is 12.1 Å². The van der Waals surface area contributed by atoms with Crippen LogP contribution in [-0.2, 0) is 9.59 Å². The van der Waals surface area contributed by atoms with Crippen LogP contribution in [0.2, 0.25) is 0 Å². The Morgan fingerprint density at radius 2 is 2.08 bits per heavy atom. The van der Waals surface area contributed by atoms with E-state index in [2.05, 4.69) is 26.2 Å². The van der Waals surface area contributed by atoms with Gasteiger partial charge in [-0.3, -0.25) is 9.59 Å². The van der Waals surface area contributed by atoms with Gasteiger partial charge in [0.05, 0.1) is 0 Å². The van der Waals surface area contributed by atoms with Crippen LogP contribution in [-0.4, -0.2) is 23.3 Å². The maximum atomic E-state index is 12.7. The fourth-order valence-electron chi connectivity index (χ4n) is 3.41. The third-order valence-electron chi connectivity index (χ3n) is 4.66. The topological polar surface area (TPSA) is 65.2 Å². The minimum absolute atomic E-state index is 0.154. The molecular formula is C20H18BrN3O2. The van der Waals surface area contributed by atoms with E-state index < -0.39 is 5.92 Å². The van der Waals surface area contributed by atoms with Crippen molar-refractivity contribution in [3.8, 4) is 0 Å². The smallest absolute Gasteiger partial charge is 0.239 e. The van der Waals surface area contributed by atoms with Crippen LogP contribution in [0.5, 0.6) is 0 Å². The summed E-state index contributed by atoms with van der Waals surface area (Å²) in [6, 6.07) is 15.3. The lowest BCUT2D eigenvalue weighted by molar-refractivity contribution is -0.129. The standard InChI is InChI=1S/C20H18BrN3O2/c1-12-9-13-10-15(5-6-18(13)22-12)23-19(25)17-7-8-24(20(17)26)16-4-2-3-14(21)11-16/h2-6,9-11,17,22H,7-8H2,1H3,(H,23,25)/t17-/m1/s1. The maximum absolute atomic E-state index is 12.7. The molecule has 4 rings (SSSR count). The molecule has 1 aliphatic rings. The van der Waals surface area contributed by atoms with E-state index in [1.54, 1.807) is 4.90 Å². The molecule has 1 aliphatic heterocycles. The zero-order chi connectivity index (χ0) is 18.3. The molecule has 0 aliphatic carbocycles. The number of hydrogen-bond donors (Lipinski definition) is 2.